The van der Waals surface area contributed by atoms with Crippen LogP contribution in [0.1, 0.15) is 41.4 Å². The number of fused-ring (bicyclic) bond motifs is 4. The standard InChI is InChI=1S/C32H31F3N8OS/c1-18-23(19-2-4-21(5-3-19)42-10-9-40-8-6-22(42)15-40)13-24(30(34)35)25-16-43(39-27(18)25)29(31(44)38-32-36-7-11-45-32)28-26-12-20(33)14-41(26)17-37-28/h2-5,7,11,13,16-17,20,22,29-30H,6,8-10,12,14-15H2,1H3,(H,36,38,44)/t20-,22?,29?/m1/s1. The zero-order valence-corrected chi connectivity index (χ0v) is 25.4. The fraction of sp³-hybridized carbons (Fsp3) is 0.375. The van der Waals surface area contributed by atoms with E-state index in [2.05, 4.69) is 37.2 Å². The van der Waals surface area contributed by atoms with Crippen molar-refractivity contribution in [1.29, 1.82) is 0 Å². The largest absolute Gasteiger partial charge is 0.366 e. The second-order valence-electron chi connectivity index (χ2n) is 12.1. The van der Waals surface area contributed by atoms with Gasteiger partial charge in [-0.15, -0.1) is 11.3 Å². The van der Waals surface area contributed by atoms with Crippen LogP contribution in [0.2, 0.25) is 0 Å². The minimum absolute atomic E-state index is 0.106. The van der Waals surface area contributed by atoms with E-state index in [9.17, 15) is 18.0 Å². The van der Waals surface area contributed by atoms with E-state index in [1.165, 1.54) is 34.6 Å². The van der Waals surface area contributed by atoms with E-state index in [4.69, 9.17) is 5.10 Å². The zero-order valence-electron chi connectivity index (χ0n) is 24.5. The predicted molar refractivity (Wildman–Crippen MR) is 167 cm³/mol. The summed E-state index contributed by atoms with van der Waals surface area (Å²) in [5.74, 6) is -0.489. The first-order chi connectivity index (χ1) is 21.8. The molecular weight excluding hydrogens is 601 g/mol. The molecule has 5 aromatic rings. The minimum atomic E-state index is -2.77. The van der Waals surface area contributed by atoms with E-state index in [0.717, 1.165) is 49.4 Å². The molecule has 9 nitrogen and oxygen atoms in total. The molecule has 2 bridgehead atoms. The van der Waals surface area contributed by atoms with E-state index in [-0.39, 0.29) is 23.9 Å². The number of hydrogen-bond acceptors (Lipinski definition) is 7. The lowest BCUT2D eigenvalue weighted by Crippen LogP contribution is -2.46. The number of carbonyl (C=O) groups is 1. The van der Waals surface area contributed by atoms with Gasteiger partial charge < -0.3 is 9.47 Å². The number of nitrogens with zero attached hydrogens (tertiary/aromatic N) is 7. The Hall–Kier alpha value is -4.23. The fourth-order valence-electron chi connectivity index (χ4n) is 7.18. The molecule has 232 valence electrons. The predicted octanol–water partition coefficient (Wildman–Crippen LogP) is 5.62. The highest BCUT2D eigenvalue weighted by molar-refractivity contribution is 7.13. The number of amides is 1. The maximum atomic E-state index is 14.6. The average molecular weight is 633 g/mol. The van der Waals surface area contributed by atoms with E-state index >= 15 is 0 Å². The van der Waals surface area contributed by atoms with Crippen molar-refractivity contribution in [2.45, 2.75) is 51.0 Å². The lowest BCUT2D eigenvalue weighted by molar-refractivity contribution is -0.118. The Bertz CT molecular complexity index is 1890. The number of nitrogens with one attached hydrogen (secondary N) is 1. The first kappa shape index (κ1) is 28.3. The maximum absolute atomic E-state index is 14.6. The van der Waals surface area contributed by atoms with Crippen LogP contribution in [0.25, 0.3) is 22.0 Å². The van der Waals surface area contributed by atoms with Gasteiger partial charge in [-0.1, -0.05) is 12.1 Å². The number of anilines is 2. The lowest BCUT2D eigenvalue weighted by Gasteiger charge is -2.36. The number of alkyl halides is 3. The van der Waals surface area contributed by atoms with Gasteiger partial charge in [0.1, 0.15) is 6.17 Å². The number of aryl methyl sites for hydroxylation is 1. The molecule has 2 saturated heterocycles. The summed E-state index contributed by atoms with van der Waals surface area (Å²) in [5, 5.41) is 9.93. The normalized spacial score (nSPS) is 21.5. The van der Waals surface area contributed by atoms with Crippen molar-refractivity contribution in [3.8, 4) is 11.1 Å². The van der Waals surface area contributed by atoms with Gasteiger partial charge in [-0.25, -0.2) is 23.1 Å². The quantitative estimate of drug-likeness (QED) is 0.251. The number of rotatable bonds is 7. The Kier molecular flexibility index (Phi) is 6.90. The van der Waals surface area contributed by atoms with Crippen molar-refractivity contribution in [3.63, 3.8) is 0 Å². The van der Waals surface area contributed by atoms with Crippen LogP contribution in [0.4, 0.5) is 24.0 Å². The molecule has 6 heterocycles. The van der Waals surface area contributed by atoms with Crippen molar-refractivity contribution >= 4 is 39.0 Å². The molecule has 2 fully saturated rings. The molecule has 1 N–H and O–H groups in total. The number of piperazine rings is 1. The Morgan fingerprint density at radius 3 is 2.73 bits per heavy atom. The second kappa shape index (κ2) is 11.0. The summed E-state index contributed by atoms with van der Waals surface area (Å²) in [5.41, 5.74) is 4.48. The number of carbonyl (C=O) groups excluding carboxylic acids is 1. The van der Waals surface area contributed by atoms with Crippen LogP contribution < -0.4 is 10.2 Å². The molecular formula is C32H31F3N8OS. The average Bonchev–Trinajstić information content (AvgIpc) is 3.86. The maximum Gasteiger partial charge on any atom is 0.264 e. The van der Waals surface area contributed by atoms with Crippen molar-refractivity contribution in [3.05, 3.63) is 76.9 Å². The summed E-state index contributed by atoms with van der Waals surface area (Å²) in [6.07, 6.45) is 1.96. The minimum Gasteiger partial charge on any atom is -0.366 e. The monoisotopic (exact) mass is 632 g/mol. The SMILES string of the molecule is Cc1c(-c2ccc(N3CCN4CCC3C4)cc2)cc(C(F)F)c2cn(C(C(=O)Nc3nccs3)c3ncn4c3C[C@@H](F)C4)nc12. The molecule has 1 amide bonds. The molecule has 0 radical (unpaired) electrons. The first-order valence-corrected chi connectivity index (χ1v) is 16.0. The van der Waals surface area contributed by atoms with Crippen molar-refractivity contribution in [2.75, 3.05) is 36.4 Å². The third kappa shape index (κ3) is 4.88. The van der Waals surface area contributed by atoms with E-state index < -0.39 is 24.5 Å². The van der Waals surface area contributed by atoms with Gasteiger partial charge in [-0.3, -0.25) is 19.7 Å². The van der Waals surface area contributed by atoms with Crippen LogP contribution >= 0.6 is 11.3 Å². The smallest absolute Gasteiger partial charge is 0.264 e. The van der Waals surface area contributed by atoms with E-state index in [1.54, 1.807) is 16.1 Å². The zero-order chi connectivity index (χ0) is 30.8. The molecule has 8 rings (SSSR count). The molecule has 3 aliphatic heterocycles. The molecule has 0 saturated carbocycles. The number of hydrogen-bond donors (Lipinski definition) is 1. The Morgan fingerprint density at radius 2 is 1.96 bits per heavy atom. The van der Waals surface area contributed by atoms with Gasteiger partial charge >= 0.3 is 0 Å². The number of aromatic nitrogens is 5. The molecule has 13 heteroatoms. The molecule has 0 spiro atoms. The highest BCUT2D eigenvalue weighted by atomic mass is 32.1. The van der Waals surface area contributed by atoms with Crippen LogP contribution in [0.3, 0.4) is 0 Å². The van der Waals surface area contributed by atoms with Crippen LogP contribution in [0.5, 0.6) is 0 Å². The summed E-state index contributed by atoms with van der Waals surface area (Å²) in [7, 11) is 0. The van der Waals surface area contributed by atoms with Gasteiger partial charge in [-0.05, 0) is 48.2 Å². The summed E-state index contributed by atoms with van der Waals surface area (Å²) < 4.78 is 46.7. The van der Waals surface area contributed by atoms with Crippen molar-refractivity contribution in [2.24, 2.45) is 0 Å². The first-order valence-electron chi connectivity index (χ1n) is 15.1. The van der Waals surface area contributed by atoms with Gasteiger partial charge in [0.05, 0.1) is 24.1 Å². The molecule has 2 aromatic carbocycles. The van der Waals surface area contributed by atoms with E-state index in [0.29, 0.717) is 33.6 Å². The number of imidazole rings is 1. The third-order valence-corrected chi connectivity index (χ3v) is 10.1. The Balaban J connectivity index is 1.20. The van der Waals surface area contributed by atoms with Crippen LogP contribution in [0.15, 0.2) is 54.4 Å². The fourth-order valence-corrected chi connectivity index (χ4v) is 7.71. The van der Waals surface area contributed by atoms with Crippen molar-refractivity contribution in [1.82, 2.24) is 29.2 Å². The Labute approximate surface area is 261 Å². The topological polar surface area (TPSA) is 84.1 Å². The second-order valence-corrected chi connectivity index (χ2v) is 12.9. The summed E-state index contributed by atoms with van der Waals surface area (Å²) in [4.78, 5) is 27.3. The van der Waals surface area contributed by atoms with Gasteiger partial charge in [0.25, 0.3) is 12.3 Å². The van der Waals surface area contributed by atoms with Crippen LogP contribution in [0, 0.1) is 6.92 Å². The highest BCUT2D eigenvalue weighted by Crippen LogP contribution is 2.39. The van der Waals surface area contributed by atoms with Crippen LogP contribution in [-0.4, -0.2) is 73.5 Å². The summed E-state index contributed by atoms with van der Waals surface area (Å²) in [6.45, 7) is 6.25. The highest BCUT2D eigenvalue weighted by Gasteiger charge is 2.35. The third-order valence-electron chi connectivity index (χ3n) is 9.42. The molecule has 3 unspecified atom stereocenters. The summed E-state index contributed by atoms with van der Waals surface area (Å²) in [6, 6.07) is 9.04. The number of halogens is 3. The number of benzene rings is 2. The van der Waals surface area contributed by atoms with Gasteiger partial charge in [0.2, 0.25) is 0 Å². The summed E-state index contributed by atoms with van der Waals surface area (Å²) >= 11 is 1.25. The molecule has 45 heavy (non-hydrogen) atoms. The van der Waals surface area contributed by atoms with Gasteiger partial charge in [-0.2, -0.15) is 5.10 Å². The molecule has 4 atom stereocenters. The van der Waals surface area contributed by atoms with E-state index in [1.807, 2.05) is 19.1 Å². The van der Waals surface area contributed by atoms with Gasteiger partial charge in [0, 0.05) is 78.7 Å². The molecule has 0 aliphatic carbocycles. The van der Waals surface area contributed by atoms with Crippen molar-refractivity contribution < 1.29 is 18.0 Å². The molecule has 3 aliphatic rings. The lowest BCUT2D eigenvalue weighted by atomic mass is 9.95. The van der Waals surface area contributed by atoms with Crippen LogP contribution in [-0.2, 0) is 17.8 Å². The Morgan fingerprint density at radius 1 is 1.11 bits per heavy atom. The van der Waals surface area contributed by atoms with Gasteiger partial charge in [0.15, 0.2) is 11.2 Å². The molecule has 3 aromatic heterocycles. The number of thiazole rings is 1.